The molecule has 0 radical (unpaired) electrons. The molecule has 71 heavy (non-hydrogen) atoms. The second-order valence-electron chi connectivity index (χ2n) is 21.3. The van der Waals surface area contributed by atoms with Crippen LogP contribution in [0.15, 0.2) is 36.5 Å². The smallest absolute Gasteiger partial charge is 0.306 e. The Morgan fingerprint density at radius 2 is 0.507 bits per heavy atom. The van der Waals surface area contributed by atoms with Crippen LogP contribution in [0.5, 0.6) is 0 Å². The predicted octanol–water partition coefficient (Wildman–Crippen LogP) is 21.2. The minimum atomic E-state index is -0.781. The van der Waals surface area contributed by atoms with E-state index in [1.165, 1.54) is 212 Å². The highest BCUT2D eigenvalue weighted by molar-refractivity contribution is 5.71. The van der Waals surface area contributed by atoms with Gasteiger partial charge in [-0.15, -0.1) is 0 Å². The summed E-state index contributed by atoms with van der Waals surface area (Å²) >= 11 is 0. The maximum atomic E-state index is 12.9. The molecular weight excluding hydrogens is 877 g/mol. The first kappa shape index (κ1) is 68.6. The molecule has 0 heterocycles. The zero-order valence-electron chi connectivity index (χ0n) is 47.8. The van der Waals surface area contributed by atoms with E-state index in [1.54, 1.807) is 0 Å². The Balaban J connectivity index is 4.33. The van der Waals surface area contributed by atoms with Crippen LogP contribution in [0.25, 0.3) is 0 Å². The topological polar surface area (TPSA) is 78.9 Å². The normalized spacial score (nSPS) is 12.2. The zero-order valence-corrected chi connectivity index (χ0v) is 47.8. The van der Waals surface area contributed by atoms with Gasteiger partial charge in [0.15, 0.2) is 6.10 Å². The molecule has 0 aliphatic heterocycles. The summed E-state index contributed by atoms with van der Waals surface area (Å²) in [6, 6.07) is 0. The van der Waals surface area contributed by atoms with Crippen molar-refractivity contribution in [1.29, 1.82) is 0 Å². The van der Waals surface area contributed by atoms with Gasteiger partial charge in [0.25, 0.3) is 0 Å². The molecule has 0 aliphatic rings. The van der Waals surface area contributed by atoms with Gasteiger partial charge in [-0.1, -0.05) is 282 Å². The third kappa shape index (κ3) is 58.4. The quantitative estimate of drug-likeness (QED) is 0.0261. The van der Waals surface area contributed by atoms with Crippen molar-refractivity contribution in [3.8, 4) is 0 Å². The van der Waals surface area contributed by atoms with Crippen molar-refractivity contribution in [3.63, 3.8) is 0 Å². The van der Waals surface area contributed by atoms with E-state index < -0.39 is 6.10 Å². The molecule has 1 atom stereocenters. The summed E-state index contributed by atoms with van der Waals surface area (Å²) < 4.78 is 16.9. The SMILES string of the molecule is CCCCCC/C=C\C/C=C\CCCCCCCC(=O)OC(COC(=O)CCCCCCC/C=C\CCCCCCCCC)COC(=O)CCCCCCCCCCCCCCCCCCCCCCC. The third-order valence-electron chi connectivity index (χ3n) is 14.1. The van der Waals surface area contributed by atoms with Crippen LogP contribution in [0.1, 0.15) is 342 Å². The lowest BCUT2D eigenvalue weighted by molar-refractivity contribution is -0.167. The molecule has 0 saturated heterocycles. The van der Waals surface area contributed by atoms with Gasteiger partial charge in [-0.3, -0.25) is 14.4 Å². The van der Waals surface area contributed by atoms with E-state index in [9.17, 15) is 14.4 Å². The van der Waals surface area contributed by atoms with Gasteiger partial charge in [0.2, 0.25) is 0 Å². The van der Waals surface area contributed by atoms with E-state index in [1.807, 2.05) is 0 Å². The van der Waals surface area contributed by atoms with Gasteiger partial charge >= 0.3 is 17.9 Å². The van der Waals surface area contributed by atoms with Crippen molar-refractivity contribution in [2.45, 2.75) is 348 Å². The van der Waals surface area contributed by atoms with E-state index in [4.69, 9.17) is 14.2 Å². The number of unbranched alkanes of at least 4 members (excludes halogenated alkanes) is 41. The molecule has 0 aromatic carbocycles. The highest BCUT2D eigenvalue weighted by Crippen LogP contribution is 2.17. The Kier molecular flexibility index (Phi) is 58.2. The lowest BCUT2D eigenvalue weighted by Crippen LogP contribution is -2.30. The minimum Gasteiger partial charge on any atom is -0.462 e. The molecule has 6 nitrogen and oxygen atoms in total. The number of carbonyl (C=O) groups is 3. The molecule has 0 fully saturated rings. The zero-order chi connectivity index (χ0) is 51.4. The van der Waals surface area contributed by atoms with Crippen molar-refractivity contribution in [3.05, 3.63) is 36.5 Å². The van der Waals surface area contributed by atoms with Crippen LogP contribution >= 0.6 is 0 Å². The van der Waals surface area contributed by atoms with E-state index in [0.29, 0.717) is 19.3 Å². The Bertz CT molecular complexity index is 1190. The van der Waals surface area contributed by atoms with Crippen molar-refractivity contribution in [2.24, 2.45) is 0 Å². The molecule has 0 amide bonds. The lowest BCUT2D eigenvalue weighted by Gasteiger charge is -2.18. The molecule has 0 aromatic rings. The predicted molar refractivity (Wildman–Crippen MR) is 307 cm³/mol. The van der Waals surface area contributed by atoms with Gasteiger partial charge in [0, 0.05) is 19.3 Å². The monoisotopic (exact) mass is 997 g/mol. The number of allylic oxidation sites excluding steroid dienone is 6. The second-order valence-corrected chi connectivity index (χ2v) is 21.3. The average molecular weight is 998 g/mol. The molecule has 1 unspecified atom stereocenters. The van der Waals surface area contributed by atoms with Crippen molar-refractivity contribution >= 4 is 17.9 Å². The Morgan fingerprint density at radius 3 is 0.803 bits per heavy atom. The fourth-order valence-electron chi connectivity index (χ4n) is 9.35. The van der Waals surface area contributed by atoms with Gasteiger partial charge in [0.1, 0.15) is 13.2 Å². The van der Waals surface area contributed by atoms with Crippen LogP contribution in [0.2, 0.25) is 0 Å². The van der Waals surface area contributed by atoms with E-state index >= 15 is 0 Å². The van der Waals surface area contributed by atoms with Crippen LogP contribution in [0.4, 0.5) is 0 Å². The minimum absolute atomic E-state index is 0.0765. The van der Waals surface area contributed by atoms with Crippen molar-refractivity contribution in [2.75, 3.05) is 13.2 Å². The van der Waals surface area contributed by atoms with Gasteiger partial charge in [0.05, 0.1) is 0 Å². The highest BCUT2D eigenvalue weighted by atomic mass is 16.6. The van der Waals surface area contributed by atoms with E-state index in [0.717, 1.165) is 89.9 Å². The molecule has 0 spiro atoms. The summed E-state index contributed by atoms with van der Waals surface area (Å²) in [5, 5.41) is 0. The molecule has 0 aromatic heterocycles. The number of hydrogen-bond acceptors (Lipinski definition) is 6. The van der Waals surface area contributed by atoms with E-state index in [2.05, 4.69) is 57.2 Å². The summed E-state index contributed by atoms with van der Waals surface area (Å²) in [7, 11) is 0. The second kappa shape index (κ2) is 60.2. The Hall–Kier alpha value is -2.37. The molecule has 0 saturated carbocycles. The van der Waals surface area contributed by atoms with Crippen LogP contribution in [0, 0.1) is 0 Å². The largest absolute Gasteiger partial charge is 0.462 e. The van der Waals surface area contributed by atoms with Gasteiger partial charge in [-0.05, 0) is 77.0 Å². The van der Waals surface area contributed by atoms with Crippen molar-refractivity contribution in [1.82, 2.24) is 0 Å². The number of ether oxygens (including phenoxy) is 3. The fraction of sp³-hybridized carbons (Fsp3) is 0.862. The van der Waals surface area contributed by atoms with Crippen molar-refractivity contribution < 1.29 is 28.6 Å². The fourth-order valence-corrected chi connectivity index (χ4v) is 9.35. The maximum Gasteiger partial charge on any atom is 0.306 e. The van der Waals surface area contributed by atoms with Crippen LogP contribution in [0.3, 0.4) is 0 Å². The van der Waals surface area contributed by atoms with Gasteiger partial charge < -0.3 is 14.2 Å². The number of carbonyl (C=O) groups excluding carboxylic acids is 3. The third-order valence-corrected chi connectivity index (χ3v) is 14.1. The summed E-state index contributed by atoms with van der Waals surface area (Å²) in [5.74, 6) is -0.877. The number of esters is 3. The molecule has 0 bridgehead atoms. The van der Waals surface area contributed by atoms with Gasteiger partial charge in [-0.2, -0.15) is 0 Å². The summed E-state index contributed by atoms with van der Waals surface area (Å²) in [4.78, 5) is 38.3. The van der Waals surface area contributed by atoms with Gasteiger partial charge in [-0.25, -0.2) is 0 Å². The maximum absolute atomic E-state index is 12.9. The molecule has 0 aliphatic carbocycles. The first-order valence-corrected chi connectivity index (χ1v) is 31.5. The number of rotatable bonds is 58. The average Bonchev–Trinajstić information content (AvgIpc) is 3.37. The molecule has 0 N–H and O–H groups in total. The van der Waals surface area contributed by atoms with E-state index in [-0.39, 0.29) is 31.1 Å². The molecule has 6 heteroatoms. The molecule has 0 rings (SSSR count). The summed E-state index contributed by atoms with van der Waals surface area (Å²) in [6.45, 7) is 6.66. The first-order valence-electron chi connectivity index (χ1n) is 31.5. The first-order chi connectivity index (χ1) is 35.0. The molecule has 416 valence electrons. The molecular formula is C65H120O6. The standard InChI is InChI=1S/C65H120O6/c1-4-7-10-13-16-19-22-25-28-31-32-33-34-35-38-40-43-46-49-52-55-58-64(67)70-61-62(71-65(68)59-56-53-50-47-44-41-37-30-27-24-21-18-15-12-9-6-3)60-69-63(66)57-54-51-48-45-42-39-36-29-26-23-20-17-14-11-8-5-2/h21,24,29-30,36-37,62H,4-20,22-23,25-28,31-35,38-61H2,1-3H3/b24-21-,36-29-,37-30-. The Morgan fingerprint density at radius 1 is 0.282 bits per heavy atom. The van der Waals surface area contributed by atoms with Crippen LogP contribution in [-0.4, -0.2) is 37.2 Å². The summed E-state index contributed by atoms with van der Waals surface area (Å²) in [6.07, 6.45) is 72.9. The number of hydrogen-bond donors (Lipinski definition) is 0. The summed E-state index contributed by atoms with van der Waals surface area (Å²) in [5.41, 5.74) is 0. The highest BCUT2D eigenvalue weighted by Gasteiger charge is 2.19. The Labute approximate surface area is 442 Å². The van der Waals surface area contributed by atoms with Crippen LogP contribution < -0.4 is 0 Å². The van der Waals surface area contributed by atoms with Crippen LogP contribution in [-0.2, 0) is 28.6 Å². The lowest BCUT2D eigenvalue weighted by atomic mass is 10.0.